The van der Waals surface area contributed by atoms with E-state index in [0.717, 1.165) is 17.2 Å². The van der Waals surface area contributed by atoms with E-state index in [1.54, 1.807) is 0 Å². The van der Waals surface area contributed by atoms with Crippen molar-refractivity contribution in [3.63, 3.8) is 0 Å². The van der Waals surface area contributed by atoms with E-state index in [2.05, 4.69) is 34.4 Å². The molecule has 2 aromatic heterocycles. The van der Waals surface area contributed by atoms with Gasteiger partial charge in [-0.25, -0.2) is 28.6 Å². The molecule has 2 amide bonds. The number of phosphoric acid groups is 3. The minimum absolute atomic E-state index is 0.00282. The molecule has 1 fully saturated rings. The van der Waals surface area contributed by atoms with Gasteiger partial charge in [-0.3, -0.25) is 32.5 Å². The molecule has 1 aliphatic heterocycles. The number of imidazole rings is 1. The molecule has 1 aliphatic rings. The Kier molecular flexibility index (Phi) is 17.1. The lowest BCUT2D eigenvalue weighted by atomic mass is 9.87. The zero-order valence-electron chi connectivity index (χ0n) is 30.1. The topological polar surface area (TPSA) is 410 Å². The quantitative estimate of drug-likeness (QED) is 0.0501. The molecule has 26 nitrogen and oxygen atoms in total. The second-order valence-corrected chi connectivity index (χ2v) is 17.4. The van der Waals surface area contributed by atoms with Crippen molar-refractivity contribution in [3.05, 3.63) is 12.7 Å². The van der Waals surface area contributed by atoms with Gasteiger partial charge >= 0.3 is 23.5 Å². The third-order valence-electron chi connectivity index (χ3n) is 8.01. The predicted molar refractivity (Wildman–Crippen MR) is 188 cm³/mol. The van der Waals surface area contributed by atoms with Crippen LogP contribution in [0.25, 0.3) is 11.2 Å². The molecular weight excluding hydrogens is 817 g/mol. The highest BCUT2D eigenvalue weighted by Crippen LogP contribution is 2.61. The smallest absolute Gasteiger partial charge is 0.393 e. The molecule has 8 atom stereocenters. The minimum Gasteiger partial charge on any atom is -0.393 e. The first kappa shape index (κ1) is 47.5. The first-order valence-electron chi connectivity index (χ1n) is 16.7. The summed E-state index contributed by atoms with van der Waals surface area (Å²) in [6.07, 6.45) is -7.03. The predicted octanol–water partition coefficient (Wildman–Crippen LogP) is -2.15. The standard InChI is InChI=1S/C27H47N8O18P3/c1-27(2,22(40)25(41)31-9-6-18(38)30-8-5-16(37)10-15(36)4-3-7-28)12-50-56(47,48)53-55(45,46)49-11-17-21(52-54(42,43)44)20(39)26(51-17)35-14-34-19-23(29)32-13-33-24(19)35/h13-15,17,20-22,26,36,39-40H,3-12,28H2,1-2H3,(H,30,38)(H,31,41)(H,45,46)(H,47,48)(H2,29,32,33)(H2,42,43,44). The van der Waals surface area contributed by atoms with E-state index in [-0.39, 0.29) is 55.1 Å². The summed E-state index contributed by atoms with van der Waals surface area (Å²) in [5.74, 6) is -1.85. The van der Waals surface area contributed by atoms with Gasteiger partial charge in [-0.1, -0.05) is 13.8 Å². The van der Waals surface area contributed by atoms with E-state index in [1.165, 1.54) is 13.8 Å². The highest BCUT2D eigenvalue weighted by Gasteiger charge is 2.50. The number of fused-ring (bicyclic) bond motifs is 1. The van der Waals surface area contributed by atoms with E-state index in [9.17, 15) is 63.0 Å². The number of hydrogen-bond acceptors (Lipinski definition) is 19. The Morgan fingerprint density at radius 3 is 2.34 bits per heavy atom. The number of nitrogens with two attached hydrogens (primary N) is 2. The average Bonchev–Trinajstić information content (AvgIpc) is 3.65. The monoisotopic (exact) mass is 864 g/mol. The van der Waals surface area contributed by atoms with E-state index in [1.807, 2.05) is 0 Å². The molecule has 1 saturated heterocycles. The molecule has 0 aliphatic carbocycles. The lowest BCUT2D eigenvalue weighted by molar-refractivity contribution is -0.137. The van der Waals surface area contributed by atoms with Crippen LogP contribution in [0.1, 0.15) is 52.2 Å². The third kappa shape index (κ3) is 14.5. The Morgan fingerprint density at radius 2 is 1.68 bits per heavy atom. The maximum Gasteiger partial charge on any atom is 0.481 e. The summed E-state index contributed by atoms with van der Waals surface area (Å²) in [5, 5.41) is 36.0. The molecule has 56 heavy (non-hydrogen) atoms. The van der Waals surface area contributed by atoms with Gasteiger partial charge in [-0.2, -0.15) is 4.31 Å². The number of carbonyl (C=O) groups is 3. The number of hydrogen-bond donors (Lipinski definition) is 11. The Labute approximate surface area is 318 Å². The molecule has 2 aromatic rings. The molecular formula is C27H47N8O18P3. The molecule has 0 spiro atoms. The van der Waals surface area contributed by atoms with Crippen molar-refractivity contribution in [2.75, 3.05) is 38.6 Å². The van der Waals surface area contributed by atoms with Gasteiger partial charge in [0.2, 0.25) is 11.8 Å². The van der Waals surface area contributed by atoms with Crippen LogP contribution >= 0.6 is 23.5 Å². The average molecular weight is 865 g/mol. The van der Waals surface area contributed by atoms with Crippen molar-refractivity contribution in [1.29, 1.82) is 0 Å². The highest BCUT2D eigenvalue weighted by molar-refractivity contribution is 7.61. The molecule has 0 saturated carbocycles. The van der Waals surface area contributed by atoms with E-state index in [0.29, 0.717) is 19.4 Å². The van der Waals surface area contributed by atoms with Crippen LogP contribution in [0, 0.1) is 5.41 Å². The fourth-order valence-corrected chi connectivity index (χ4v) is 7.93. The van der Waals surface area contributed by atoms with Gasteiger partial charge in [0.1, 0.15) is 42.0 Å². The fourth-order valence-electron chi connectivity index (χ4n) is 5.10. The van der Waals surface area contributed by atoms with Gasteiger partial charge in [-0.05, 0) is 19.4 Å². The van der Waals surface area contributed by atoms with Crippen LogP contribution in [0.3, 0.4) is 0 Å². The van der Waals surface area contributed by atoms with Crippen LogP contribution in [0.4, 0.5) is 5.82 Å². The number of ketones is 1. The number of Topliss-reactive ketones (excluding diaryl/α,β-unsaturated/α-hetero) is 1. The normalized spacial score (nSPS) is 22.2. The number of nitrogens with one attached hydrogen (secondary N) is 2. The maximum atomic E-state index is 12.7. The van der Waals surface area contributed by atoms with Crippen molar-refractivity contribution in [2.45, 2.75) is 82.7 Å². The van der Waals surface area contributed by atoms with Crippen molar-refractivity contribution in [2.24, 2.45) is 11.1 Å². The lowest BCUT2D eigenvalue weighted by Gasteiger charge is -2.30. The van der Waals surface area contributed by atoms with Crippen LogP contribution < -0.4 is 22.1 Å². The number of aliphatic hydroxyl groups is 3. The highest BCUT2D eigenvalue weighted by atomic mass is 31.3. The molecule has 0 bridgehead atoms. The van der Waals surface area contributed by atoms with Crippen LogP contribution in [0.5, 0.6) is 0 Å². The van der Waals surface area contributed by atoms with Crippen molar-refractivity contribution in [1.82, 2.24) is 30.2 Å². The molecule has 0 aromatic carbocycles. The Bertz CT molecular complexity index is 1810. The van der Waals surface area contributed by atoms with Gasteiger partial charge in [0.05, 0.1) is 25.6 Å². The van der Waals surface area contributed by atoms with E-state index < -0.39 is 90.7 Å². The van der Waals surface area contributed by atoms with Crippen molar-refractivity contribution in [3.8, 4) is 0 Å². The van der Waals surface area contributed by atoms with E-state index >= 15 is 0 Å². The summed E-state index contributed by atoms with van der Waals surface area (Å²) >= 11 is 0. The molecule has 3 rings (SSSR count). The first-order chi connectivity index (χ1) is 25.9. The summed E-state index contributed by atoms with van der Waals surface area (Å²) in [6, 6.07) is 0. The van der Waals surface area contributed by atoms with Crippen LogP contribution in [-0.2, 0) is 50.7 Å². The summed E-state index contributed by atoms with van der Waals surface area (Å²) in [5.41, 5.74) is 9.58. The van der Waals surface area contributed by atoms with Crippen molar-refractivity contribution < 1.29 is 85.6 Å². The number of aliphatic hydroxyl groups excluding tert-OH is 3. The minimum atomic E-state index is -5.58. The Balaban J connectivity index is 1.49. The Morgan fingerprint density at radius 1 is 1.02 bits per heavy atom. The van der Waals surface area contributed by atoms with Crippen LogP contribution in [0.15, 0.2) is 12.7 Å². The summed E-state index contributed by atoms with van der Waals surface area (Å²) in [6.45, 7) is 0.539. The molecule has 0 radical (unpaired) electrons. The largest absolute Gasteiger partial charge is 0.481 e. The number of anilines is 1. The fraction of sp³-hybridized carbons (Fsp3) is 0.704. The number of carbonyl (C=O) groups excluding carboxylic acids is 3. The van der Waals surface area contributed by atoms with Gasteiger partial charge in [0, 0.05) is 37.8 Å². The number of nitrogens with zero attached hydrogens (tertiary/aromatic N) is 4. The second-order valence-electron chi connectivity index (χ2n) is 13.1. The molecule has 3 heterocycles. The molecule has 318 valence electrons. The first-order valence-corrected chi connectivity index (χ1v) is 21.3. The zero-order valence-corrected chi connectivity index (χ0v) is 32.8. The SMILES string of the molecule is CC(C)(COP(=O)(O)OP(=O)(O)OCC1OC(n2cnc3c(N)ncnc32)C(O)C1OP(=O)(O)O)C(O)C(=O)NCCC(=O)NCCC(=O)CC(O)CCCN. The second kappa shape index (κ2) is 20.2. The van der Waals surface area contributed by atoms with Crippen LogP contribution in [0.2, 0.25) is 0 Å². The number of ether oxygens (including phenoxy) is 1. The summed E-state index contributed by atoms with van der Waals surface area (Å²) < 4.78 is 62.0. The number of phosphoric ester groups is 3. The lowest BCUT2D eigenvalue weighted by Crippen LogP contribution is -2.46. The molecule has 29 heteroatoms. The maximum absolute atomic E-state index is 12.7. The van der Waals surface area contributed by atoms with E-state index in [4.69, 9.17) is 25.3 Å². The van der Waals surface area contributed by atoms with Gasteiger partial charge < -0.3 is 61.7 Å². The van der Waals surface area contributed by atoms with Gasteiger partial charge in [-0.15, -0.1) is 0 Å². The summed E-state index contributed by atoms with van der Waals surface area (Å²) in [7, 11) is -16.4. The number of amides is 2. The van der Waals surface area contributed by atoms with Gasteiger partial charge in [0.15, 0.2) is 17.7 Å². The van der Waals surface area contributed by atoms with Gasteiger partial charge in [0.25, 0.3) is 0 Å². The molecule has 8 unspecified atom stereocenters. The molecule has 13 N–H and O–H groups in total. The number of nitrogen functional groups attached to an aromatic ring is 1. The van der Waals surface area contributed by atoms with Crippen molar-refractivity contribution >= 4 is 58.0 Å². The number of aromatic nitrogens is 4. The van der Waals surface area contributed by atoms with Crippen LogP contribution in [-0.4, -0.2) is 135 Å². The number of rotatable bonds is 24. The Hall–Kier alpha value is -2.87. The zero-order chi connectivity index (χ0) is 42.1. The summed E-state index contributed by atoms with van der Waals surface area (Å²) in [4.78, 5) is 87.4. The third-order valence-corrected chi connectivity index (χ3v) is 11.1.